The van der Waals surface area contributed by atoms with Gasteiger partial charge in [-0.3, -0.25) is 4.79 Å². The number of carbonyl (C=O) groups is 1. The maximum Gasteiger partial charge on any atom is 0.308 e. The van der Waals surface area contributed by atoms with Crippen LogP contribution in [-0.2, 0) is 14.0 Å². The molecule has 0 saturated carbocycles. The minimum absolute atomic E-state index is 0.00927. The summed E-state index contributed by atoms with van der Waals surface area (Å²) in [6.07, 6.45) is 5.13. The summed E-state index contributed by atoms with van der Waals surface area (Å²) in [7, 11) is -0.605. The third-order valence-electron chi connectivity index (χ3n) is 4.70. The van der Waals surface area contributed by atoms with Crippen LogP contribution in [0.2, 0.25) is 18.1 Å². The first-order valence-electron chi connectivity index (χ1n) is 8.63. The van der Waals surface area contributed by atoms with Crippen LogP contribution in [0.15, 0.2) is 24.3 Å². The van der Waals surface area contributed by atoms with Gasteiger partial charge in [-0.05, 0) is 44.3 Å². The van der Waals surface area contributed by atoms with Gasteiger partial charge >= 0.3 is 5.97 Å². The highest BCUT2D eigenvalue weighted by Crippen LogP contribution is 2.38. The van der Waals surface area contributed by atoms with Crippen molar-refractivity contribution in [3.63, 3.8) is 0 Å². The molecule has 0 aliphatic carbocycles. The number of methoxy groups -OCH3 is 1. The molecule has 24 heavy (non-hydrogen) atoms. The van der Waals surface area contributed by atoms with E-state index < -0.39 is 20.4 Å². The predicted molar refractivity (Wildman–Crippen MR) is 103 cm³/mol. The van der Waals surface area contributed by atoms with Crippen molar-refractivity contribution in [1.82, 2.24) is 0 Å². The Morgan fingerprint density at radius 1 is 1.33 bits per heavy atom. The molecule has 0 bridgehead atoms. The number of hydrogen-bond donors (Lipinski definition) is 1. The van der Waals surface area contributed by atoms with Crippen molar-refractivity contribution >= 4 is 14.3 Å². The Labute approximate surface area is 149 Å². The van der Waals surface area contributed by atoms with Crippen LogP contribution in [0.5, 0.6) is 0 Å². The minimum atomic E-state index is -1.94. The zero-order chi connectivity index (χ0) is 19.0. The van der Waals surface area contributed by atoms with Gasteiger partial charge in [0.15, 0.2) is 8.32 Å². The van der Waals surface area contributed by atoms with Gasteiger partial charge < -0.3 is 14.3 Å². The van der Waals surface area contributed by atoms with Crippen LogP contribution in [0.3, 0.4) is 0 Å². The molecule has 0 aliphatic heterocycles. The number of hydrogen-bond acceptors (Lipinski definition) is 4. The van der Waals surface area contributed by atoms with Crippen LogP contribution in [0, 0.1) is 0 Å². The standard InChI is InChI=1S/C19H36O4Si/c1-9-10-15(2)11-12-17(13-16(20)14-18(21)22-6)23-24(7,8)19(3,4)5/h9-10,16-17,20H,1,11-14H2,2-8H3/b15-10+/t16-,17-/m0/s1. The molecule has 0 unspecified atom stereocenters. The Morgan fingerprint density at radius 2 is 1.92 bits per heavy atom. The summed E-state index contributed by atoms with van der Waals surface area (Å²) in [4.78, 5) is 11.4. The van der Waals surface area contributed by atoms with Crippen LogP contribution in [0.4, 0.5) is 0 Å². The molecule has 0 aromatic rings. The number of ether oxygens (including phenoxy) is 1. The predicted octanol–water partition coefficient (Wildman–Crippen LogP) is 4.60. The highest BCUT2D eigenvalue weighted by Gasteiger charge is 2.39. The van der Waals surface area contributed by atoms with Gasteiger partial charge in [0, 0.05) is 6.10 Å². The lowest BCUT2D eigenvalue weighted by Gasteiger charge is -2.40. The summed E-state index contributed by atoms with van der Waals surface area (Å²) in [5.74, 6) is -0.392. The molecule has 0 amide bonds. The van der Waals surface area contributed by atoms with Gasteiger partial charge in [0.2, 0.25) is 0 Å². The fourth-order valence-corrected chi connectivity index (χ4v) is 3.55. The van der Waals surface area contributed by atoms with E-state index in [4.69, 9.17) is 4.43 Å². The van der Waals surface area contributed by atoms with Crippen molar-refractivity contribution < 1.29 is 19.1 Å². The zero-order valence-electron chi connectivity index (χ0n) is 16.5. The lowest BCUT2D eigenvalue weighted by molar-refractivity contribution is -0.143. The molecule has 0 rings (SSSR count). The summed E-state index contributed by atoms with van der Waals surface area (Å²) < 4.78 is 11.1. The van der Waals surface area contributed by atoms with E-state index in [2.05, 4.69) is 52.1 Å². The lowest BCUT2D eigenvalue weighted by atomic mass is 10.0. The number of esters is 1. The normalized spacial score (nSPS) is 15.8. The molecule has 4 nitrogen and oxygen atoms in total. The van der Waals surface area contributed by atoms with E-state index in [-0.39, 0.29) is 17.6 Å². The van der Waals surface area contributed by atoms with E-state index in [1.54, 1.807) is 6.08 Å². The molecule has 0 heterocycles. The van der Waals surface area contributed by atoms with Gasteiger partial charge in [-0.1, -0.05) is 45.1 Å². The number of aliphatic hydroxyl groups excluding tert-OH is 1. The quantitative estimate of drug-likeness (QED) is 0.353. The Hall–Kier alpha value is -0.913. The molecule has 0 radical (unpaired) electrons. The average Bonchev–Trinajstić information content (AvgIpc) is 2.43. The molecule has 1 N–H and O–H groups in total. The Balaban J connectivity index is 4.98. The molecular weight excluding hydrogens is 320 g/mol. The highest BCUT2D eigenvalue weighted by atomic mass is 28.4. The fraction of sp³-hybridized carbons (Fsp3) is 0.737. The summed E-state index contributed by atoms with van der Waals surface area (Å²) >= 11 is 0. The van der Waals surface area contributed by atoms with Crippen molar-refractivity contribution in [3.8, 4) is 0 Å². The van der Waals surface area contributed by atoms with Gasteiger partial charge in [0.1, 0.15) is 0 Å². The van der Waals surface area contributed by atoms with Crippen LogP contribution in [-0.4, -0.2) is 38.7 Å². The molecular formula is C19H36O4Si. The zero-order valence-corrected chi connectivity index (χ0v) is 17.5. The Kier molecular flexibility index (Phi) is 9.78. The minimum Gasteiger partial charge on any atom is -0.469 e. The van der Waals surface area contributed by atoms with Crippen molar-refractivity contribution in [1.29, 1.82) is 0 Å². The lowest BCUT2D eigenvalue weighted by Crippen LogP contribution is -2.44. The third kappa shape index (κ3) is 8.80. The molecule has 2 atom stereocenters. The molecule has 140 valence electrons. The topological polar surface area (TPSA) is 55.8 Å². The Morgan fingerprint density at radius 3 is 2.38 bits per heavy atom. The fourth-order valence-electron chi connectivity index (χ4n) is 2.15. The monoisotopic (exact) mass is 356 g/mol. The van der Waals surface area contributed by atoms with Gasteiger partial charge in [0.25, 0.3) is 0 Å². The molecule has 0 aromatic heterocycles. The second-order valence-corrected chi connectivity index (χ2v) is 12.7. The van der Waals surface area contributed by atoms with Crippen molar-refractivity contribution in [2.75, 3.05) is 7.11 Å². The summed E-state index contributed by atoms with van der Waals surface area (Å²) in [6.45, 7) is 16.8. The van der Waals surface area contributed by atoms with Crippen LogP contribution < -0.4 is 0 Å². The van der Waals surface area contributed by atoms with Gasteiger partial charge in [-0.15, -0.1) is 0 Å². The molecule has 0 fully saturated rings. The van der Waals surface area contributed by atoms with Crippen molar-refractivity contribution in [2.24, 2.45) is 0 Å². The largest absolute Gasteiger partial charge is 0.469 e. The van der Waals surface area contributed by atoms with E-state index in [1.807, 2.05) is 6.08 Å². The van der Waals surface area contributed by atoms with E-state index in [0.29, 0.717) is 6.42 Å². The molecule has 0 saturated heterocycles. The molecule has 0 aliphatic rings. The average molecular weight is 357 g/mol. The highest BCUT2D eigenvalue weighted by molar-refractivity contribution is 6.74. The van der Waals surface area contributed by atoms with Crippen molar-refractivity contribution in [2.45, 2.75) is 83.7 Å². The van der Waals surface area contributed by atoms with Gasteiger partial charge in [0.05, 0.1) is 19.6 Å². The first-order valence-corrected chi connectivity index (χ1v) is 11.5. The second kappa shape index (κ2) is 10.2. The molecule has 0 spiro atoms. The Bertz CT molecular complexity index is 435. The van der Waals surface area contributed by atoms with E-state index >= 15 is 0 Å². The van der Waals surface area contributed by atoms with Gasteiger partial charge in [-0.2, -0.15) is 0 Å². The number of carbonyl (C=O) groups excluding carboxylic acids is 1. The maximum atomic E-state index is 11.4. The van der Waals surface area contributed by atoms with E-state index in [0.717, 1.165) is 12.8 Å². The van der Waals surface area contributed by atoms with Crippen molar-refractivity contribution in [3.05, 3.63) is 24.3 Å². The second-order valence-electron chi connectivity index (χ2n) is 7.96. The molecule has 0 aromatic carbocycles. The first kappa shape index (κ1) is 23.1. The molecule has 5 heteroatoms. The van der Waals surface area contributed by atoms with Crippen LogP contribution in [0.25, 0.3) is 0 Å². The van der Waals surface area contributed by atoms with Crippen LogP contribution in [0.1, 0.15) is 53.4 Å². The van der Waals surface area contributed by atoms with E-state index in [1.165, 1.54) is 12.7 Å². The summed E-state index contributed by atoms with van der Waals surface area (Å²) in [5, 5.41) is 10.3. The van der Waals surface area contributed by atoms with Crippen LogP contribution >= 0.6 is 0 Å². The number of aliphatic hydroxyl groups is 1. The third-order valence-corrected chi connectivity index (χ3v) is 9.23. The van der Waals surface area contributed by atoms with Gasteiger partial charge in [-0.25, -0.2) is 0 Å². The maximum absolute atomic E-state index is 11.4. The SMILES string of the molecule is C=C/C=C(\C)CC[C@@H](C[C@H](O)CC(=O)OC)O[Si](C)(C)C(C)(C)C. The number of rotatable bonds is 10. The van der Waals surface area contributed by atoms with E-state index in [9.17, 15) is 9.90 Å². The summed E-state index contributed by atoms with van der Waals surface area (Å²) in [5.41, 5.74) is 1.23. The smallest absolute Gasteiger partial charge is 0.308 e. The first-order chi connectivity index (χ1) is 10.9. The summed E-state index contributed by atoms with van der Waals surface area (Å²) in [6, 6.07) is 0. The number of allylic oxidation sites excluding steroid dienone is 3.